The molecule has 0 aliphatic carbocycles. The van der Waals surface area contributed by atoms with Crippen LogP contribution in [0.5, 0.6) is 0 Å². The van der Waals surface area contributed by atoms with Gasteiger partial charge in [-0.05, 0) is 11.4 Å². The topological polar surface area (TPSA) is 80.1 Å². The summed E-state index contributed by atoms with van der Waals surface area (Å²) in [6.07, 6.45) is 0. The molecule has 2 aromatic heterocycles. The molecule has 94 valence electrons. The molecule has 18 heavy (non-hydrogen) atoms. The quantitative estimate of drug-likeness (QED) is 0.641. The van der Waals surface area contributed by atoms with Crippen LogP contribution in [0, 0.1) is 10.1 Å². The summed E-state index contributed by atoms with van der Waals surface area (Å²) in [7, 11) is 1.68. The van der Waals surface area contributed by atoms with Crippen molar-refractivity contribution >= 4 is 28.7 Å². The first-order valence-corrected chi connectivity index (χ1v) is 6.17. The van der Waals surface area contributed by atoms with E-state index in [0.717, 1.165) is 4.88 Å². The SMILES string of the molecule is CNc1cc([N+](=O)[O-])cc(NCc2cccs2)n1. The lowest BCUT2D eigenvalue weighted by Crippen LogP contribution is -2.03. The van der Waals surface area contributed by atoms with Crippen LogP contribution in [-0.2, 0) is 6.54 Å². The van der Waals surface area contributed by atoms with Gasteiger partial charge in [-0.1, -0.05) is 6.07 Å². The van der Waals surface area contributed by atoms with Gasteiger partial charge in [0.1, 0.15) is 11.6 Å². The van der Waals surface area contributed by atoms with Gasteiger partial charge in [0.05, 0.1) is 23.6 Å². The van der Waals surface area contributed by atoms with Crippen LogP contribution in [0.2, 0.25) is 0 Å². The van der Waals surface area contributed by atoms with E-state index >= 15 is 0 Å². The second kappa shape index (κ2) is 5.46. The van der Waals surface area contributed by atoms with Crippen molar-refractivity contribution in [1.29, 1.82) is 0 Å². The molecule has 0 spiro atoms. The highest BCUT2D eigenvalue weighted by Gasteiger charge is 2.10. The summed E-state index contributed by atoms with van der Waals surface area (Å²) in [5.74, 6) is 0.958. The molecule has 0 fully saturated rings. The summed E-state index contributed by atoms with van der Waals surface area (Å²) in [6.45, 7) is 0.606. The van der Waals surface area contributed by atoms with Crippen molar-refractivity contribution in [2.75, 3.05) is 17.7 Å². The Hall–Kier alpha value is -2.15. The van der Waals surface area contributed by atoms with Gasteiger partial charge in [0.25, 0.3) is 5.69 Å². The van der Waals surface area contributed by atoms with Crippen LogP contribution in [0.1, 0.15) is 4.88 Å². The first-order valence-electron chi connectivity index (χ1n) is 5.29. The van der Waals surface area contributed by atoms with E-state index in [2.05, 4.69) is 15.6 Å². The summed E-state index contributed by atoms with van der Waals surface area (Å²) in [4.78, 5) is 15.7. The molecule has 6 nitrogen and oxygen atoms in total. The molecule has 2 heterocycles. The van der Waals surface area contributed by atoms with Crippen LogP contribution >= 0.6 is 11.3 Å². The minimum atomic E-state index is -0.432. The van der Waals surface area contributed by atoms with Crippen molar-refractivity contribution in [2.24, 2.45) is 0 Å². The van der Waals surface area contributed by atoms with E-state index in [0.29, 0.717) is 18.2 Å². The number of nitro groups is 1. The molecule has 2 rings (SSSR count). The zero-order valence-electron chi connectivity index (χ0n) is 9.71. The Morgan fingerprint density at radius 1 is 1.44 bits per heavy atom. The second-order valence-electron chi connectivity index (χ2n) is 3.54. The van der Waals surface area contributed by atoms with E-state index in [1.165, 1.54) is 12.1 Å². The standard InChI is InChI=1S/C11H12N4O2S/c1-12-10-5-8(15(16)17)6-11(14-10)13-7-9-3-2-4-18-9/h2-6H,7H2,1H3,(H2,12,13,14). The highest BCUT2D eigenvalue weighted by molar-refractivity contribution is 7.09. The van der Waals surface area contributed by atoms with Gasteiger partial charge in [0.15, 0.2) is 0 Å². The van der Waals surface area contributed by atoms with Gasteiger partial charge >= 0.3 is 0 Å². The molecule has 2 N–H and O–H groups in total. The number of anilines is 2. The molecule has 7 heteroatoms. The van der Waals surface area contributed by atoms with Crippen molar-refractivity contribution in [2.45, 2.75) is 6.54 Å². The predicted molar refractivity (Wildman–Crippen MR) is 72.1 cm³/mol. The summed E-state index contributed by atoms with van der Waals surface area (Å²) >= 11 is 1.62. The van der Waals surface area contributed by atoms with Crippen molar-refractivity contribution in [3.05, 3.63) is 44.6 Å². The van der Waals surface area contributed by atoms with Crippen molar-refractivity contribution < 1.29 is 4.92 Å². The van der Waals surface area contributed by atoms with Crippen LogP contribution in [0.3, 0.4) is 0 Å². The Morgan fingerprint density at radius 3 is 2.83 bits per heavy atom. The van der Waals surface area contributed by atoms with Crippen molar-refractivity contribution in [1.82, 2.24) is 4.98 Å². The third kappa shape index (κ3) is 2.95. The van der Waals surface area contributed by atoms with E-state index in [-0.39, 0.29) is 5.69 Å². The van der Waals surface area contributed by atoms with E-state index in [9.17, 15) is 10.1 Å². The number of thiophene rings is 1. The van der Waals surface area contributed by atoms with E-state index in [4.69, 9.17) is 0 Å². The zero-order chi connectivity index (χ0) is 13.0. The second-order valence-corrected chi connectivity index (χ2v) is 4.57. The minimum absolute atomic E-state index is 0.0167. The maximum atomic E-state index is 10.8. The van der Waals surface area contributed by atoms with Crippen molar-refractivity contribution in [3.8, 4) is 0 Å². The fourth-order valence-corrected chi connectivity index (χ4v) is 2.08. The van der Waals surface area contributed by atoms with E-state index in [1.54, 1.807) is 18.4 Å². The fraction of sp³-hybridized carbons (Fsp3) is 0.182. The minimum Gasteiger partial charge on any atom is -0.373 e. The molecule has 0 radical (unpaired) electrons. The van der Waals surface area contributed by atoms with Gasteiger partial charge in [-0.15, -0.1) is 11.3 Å². The van der Waals surface area contributed by atoms with Crippen LogP contribution in [0.15, 0.2) is 29.6 Å². The Balaban J connectivity index is 2.16. The highest BCUT2D eigenvalue weighted by Crippen LogP contribution is 2.21. The number of rotatable bonds is 5. The third-order valence-corrected chi connectivity index (χ3v) is 3.18. The van der Waals surface area contributed by atoms with Crippen LogP contribution in [-0.4, -0.2) is 17.0 Å². The summed E-state index contributed by atoms with van der Waals surface area (Å²) in [6, 6.07) is 6.78. The van der Waals surface area contributed by atoms with E-state index in [1.807, 2.05) is 17.5 Å². The number of pyridine rings is 1. The van der Waals surface area contributed by atoms with Gasteiger partial charge in [-0.2, -0.15) is 0 Å². The molecule has 0 bridgehead atoms. The van der Waals surface area contributed by atoms with Crippen LogP contribution in [0.4, 0.5) is 17.3 Å². The van der Waals surface area contributed by atoms with Gasteiger partial charge < -0.3 is 10.6 Å². The number of aromatic nitrogens is 1. The lowest BCUT2D eigenvalue weighted by atomic mass is 10.3. The first-order chi connectivity index (χ1) is 8.69. The van der Waals surface area contributed by atoms with Crippen LogP contribution < -0.4 is 10.6 Å². The smallest absolute Gasteiger partial charge is 0.276 e. The Kier molecular flexibility index (Phi) is 3.73. The number of hydrogen-bond acceptors (Lipinski definition) is 6. The lowest BCUT2D eigenvalue weighted by Gasteiger charge is -2.06. The molecule has 2 aromatic rings. The van der Waals surface area contributed by atoms with Crippen molar-refractivity contribution in [3.63, 3.8) is 0 Å². The van der Waals surface area contributed by atoms with Gasteiger partial charge in [-0.25, -0.2) is 4.98 Å². The average Bonchev–Trinajstić information content (AvgIpc) is 2.89. The number of nitrogens with zero attached hydrogens (tertiary/aromatic N) is 2. The monoisotopic (exact) mass is 264 g/mol. The molecular weight excluding hydrogens is 252 g/mol. The third-order valence-electron chi connectivity index (χ3n) is 2.30. The van der Waals surface area contributed by atoms with E-state index < -0.39 is 4.92 Å². The first kappa shape index (κ1) is 12.3. The molecule has 0 aromatic carbocycles. The van der Waals surface area contributed by atoms with Gasteiger partial charge in [0, 0.05) is 11.9 Å². The number of hydrogen-bond donors (Lipinski definition) is 2. The maximum absolute atomic E-state index is 10.8. The zero-order valence-corrected chi connectivity index (χ0v) is 10.5. The van der Waals surface area contributed by atoms with Gasteiger partial charge in [0.2, 0.25) is 0 Å². The average molecular weight is 264 g/mol. The van der Waals surface area contributed by atoms with Gasteiger partial charge in [-0.3, -0.25) is 10.1 Å². The Labute approximate surface area is 108 Å². The molecule has 0 unspecified atom stereocenters. The molecular formula is C11H12N4O2S. The molecule has 0 aliphatic rings. The Bertz CT molecular complexity index is 542. The Morgan fingerprint density at radius 2 is 2.22 bits per heavy atom. The van der Waals surface area contributed by atoms with Crippen LogP contribution in [0.25, 0.3) is 0 Å². The summed E-state index contributed by atoms with van der Waals surface area (Å²) in [5.41, 5.74) is 0.0167. The molecule has 0 atom stereocenters. The molecule has 0 amide bonds. The fourth-order valence-electron chi connectivity index (χ4n) is 1.43. The predicted octanol–water partition coefficient (Wildman–Crippen LogP) is 2.71. The lowest BCUT2D eigenvalue weighted by molar-refractivity contribution is -0.384. The normalized spacial score (nSPS) is 10.1. The maximum Gasteiger partial charge on any atom is 0.276 e. The molecule has 0 saturated carbocycles. The highest BCUT2D eigenvalue weighted by atomic mass is 32.1. The molecule has 0 aliphatic heterocycles. The largest absolute Gasteiger partial charge is 0.373 e. The molecule has 0 saturated heterocycles. The summed E-state index contributed by atoms with van der Waals surface area (Å²) < 4.78 is 0. The summed E-state index contributed by atoms with van der Waals surface area (Å²) in [5, 5.41) is 18.6. The number of nitrogens with one attached hydrogen (secondary N) is 2.